The molecule has 0 saturated carbocycles. The Bertz CT molecular complexity index is 541. The molecule has 0 saturated heterocycles. The maximum absolute atomic E-state index is 9.00. The highest BCUT2D eigenvalue weighted by molar-refractivity contribution is 9.10. The first-order valence-electron chi connectivity index (χ1n) is 4.18. The van der Waals surface area contributed by atoms with Crippen molar-refractivity contribution in [1.82, 2.24) is 4.98 Å². The fraction of sp³-hybridized carbons (Fsp3) is 0.0909. The van der Waals surface area contributed by atoms with Gasteiger partial charge in [-0.25, -0.2) is 0 Å². The average Bonchev–Trinajstić information content (AvgIpc) is 2.18. The van der Waals surface area contributed by atoms with Gasteiger partial charge in [0.15, 0.2) is 0 Å². The summed E-state index contributed by atoms with van der Waals surface area (Å²) in [6.07, 6.45) is 1.70. The van der Waals surface area contributed by atoms with E-state index in [-0.39, 0.29) is 0 Å². The lowest BCUT2D eigenvalue weighted by atomic mass is 10.1. The molecule has 3 heteroatoms. The van der Waals surface area contributed by atoms with E-state index in [0.717, 1.165) is 20.9 Å². The van der Waals surface area contributed by atoms with Gasteiger partial charge in [-0.05, 0) is 24.6 Å². The van der Waals surface area contributed by atoms with Crippen molar-refractivity contribution in [2.45, 2.75) is 6.92 Å². The molecule has 1 heterocycles. The third-order valence-electron chi connectivity index (χ3n) is 2.15. The average molecular weight is 247 g/mol. The van der Waals surface area contributed by atoms with Crippen molar-refractivity contribution in [3.05, 3.63) is 40.0 Å². The van der Waals surface area contributed by atoms with Crippen LogP contribution < -0.4 is 0 Å². The summed E-state index contributed by atoms with van der Waals surface area (Å²) < 4.78 is 0.983. The molecule has 2 aromatic rings. The number of pyridine rings is 1. The van der Waals surface area contributed by atoms with Crippen LogP contribution in [0.2, 0.25) is 0 Å². The Morgan fingerprint density at radius 3 is 3.00 bits per heavy atom. The first kappa shape index (κ1) is 9.17. The Balaban J connectivity index is 3.00. The second-order valence-electron chi connectivity index (χ2n) is 3.06. The van der Waals surface area contributed by atoms with E-state index in [1.807, 2.05) is 25.1 Å². The Labute approximate surface area is 90.3 Å². The van der Waals surface area contributed by atoms with Crippen molar-refractivity contribution >= 4 is 26.8 Å². The molecule has 0 fully saturated rings. The monoisotopic (exact) mass is 246 g/mol. The zero-order valence-corrected chi connectivity index (χ0v) is 9.17. The summed E-state index contributed by atoms with van der Waals surface area (Å²) in [5.41, 5.74) is 2.37. The summed E-state index contributed by atoms with van der Waals surface area (Å²) in [7, 11) is 0. The van der Waals surface area contributed by atoms with E-state index in [0.29, 0.717) is 5.56 Å². The summed E-state index contributed by atoms with van der Waals surface area (Å²) in [4.78, 5) is 4.22. The van der Waals surface area contributed by atoms with E-state index in [1.54, 1.807) is 6.20 Å². The van der Waals surface area contributed by atoms with Gasteiger partial charge in [-0.2, -0.15) is 5.26 Å². The Morgan fingerprint density at radius 2 is 2.29 bits per heavy atom. The summed E-state index contributed by atoms with van der Waals surface area (Å²) in [5, 5.41) is 9.98. The number of aromatic nitrogens is 1. The number of benzene rings is 1. The summed E-state index contributed by atoms with van der Waals surface area (Å²) in [5.74, 6) is 0. The number of fused-ring (bicyclic) bond motifs is 1. The lowest BCUT2D eigenvalue weighted by Crippen LogP contribution is -1.89. The van der Waals surface area contributed by atoms with Gasteiger partial charge in [-0.3, -0.25) is 4.98 Å². The highest BCUT2D eigenvalue weighted by atomic mass is 79.9. The van der Waals surface area contributed by atoms with Crippen LogP contribution in [0.1, 0.15) is 11.1 Å². The molecule has 0 N–H and O–H groups in total. The number of halogens is 1. The zero-order valence-electron chi connectivity index (χ0n) is 7.58. The number of rotatable bonds is 0. The zero-order chi connectivity index (χ0) is 10.1. The Kier molecular flexibility index (Phi) is 2.22. The van der Waals surface area contributed by atoms with Gasteiger partial charge in [-0.1, -0.05) is 22.0 Å². The molecular weight excluding hydrogens is 240 g/mol. The van der Waals surface area contributed by atoms with Crippen LogP contribution in [0.4, 0.5) is 0 Å². The predicted octanol–water partition coefficient (Wildman–Crippen LogP) is 3.18. The second-order valence-corrected chi connectivity index (χ2v) is 3.92. The molecule has 0 aliphatic heterocycles. The van der Waals surface area contributed by atoms with Gasteiger partial charge in [-0.15, -0.1) is 0 Å². The minimum atomic E-state index is 0.656. The molecule has 2 nitrogen and oxygen atoms in total. The number of hydrogen-bond donors (Lipinski definition) is 0. The third kappa shape index (κ3) is 1.28. The fourth-order valence-corrected chi connectivity index (χ4v) is 2.13. The van der Waals surface area contributed by atoms with E-state index in [9.17, 15) is 0 Å². The van der Waals surface area contributed by atoms with Gasteiger partial charge in [0.25, 0.3) is 0 Å². The highest BCUT2D eigenvalue weighted by Crippen LogP contribution is 2.27. The molecule has 0 bridgehead atoms. The van der Waals surface area contributed by atoms with E-state index in [4.69, 9.17) is 5.26 Å². The van der Waals surface area contributed by atoms with Gasteiger partial charge < -0.3 is 0 Å². The molecule has 0 unspecified atom stereocenters. The molecule has 14 heavy (non-hydrogen) atoms. The molecule has 0 aliphatic carbocycles. The van der Waals surface area contributed by atoms with E-state index >= 15 is 0 Å². The minimum absolute atomic E-state index is 0.656. The SMILES string of the molecule is Cc1cc(Br)c2cccnc2c1C#N. The molecule has 0 amide bonds. The maximum Gasteiger partial charge on any atom is 0.102 e. The topological polar surface area (TPSA) is 36.7 Å². The first-order valence-corrected chi connectivity index (χ1v) is 4.97. The van der Waals surface area contributed by atoms with Crippen LogP contribution in [0.5, 0.6) is 0 Å². The van der Waals surface area contributed by atoms with Crippen molar-refractivity contribution < 1.29 is 0 Å². The molecule has 0 atom stereocenters. The third-order valence-corrected chi connectivity index (χ3v) is 2.81. The molecule has 1 aromatic carbocycles. The molecule has 0 aliphatic rings. The van der Waals surface area contributed by atoms with E-state index < -0.39 is 0 Å². The number of nitriles is 1. The van der Waals surface area contributed by atoms with Gasteiger partial charge in [0.2, 0.25) is 0 Å². The first-order chi connectivity index (χ1) is 6.74. The Hall–Kier alpha value is -1.40. The number of aryl methyl sites for hydroxylation is 1. The molecule has 68 valence electrons. The lowest BCUT2D eigenvalue weighted by Gasteiger charge is -2.04. The van der Waals surface area contributed by atoms with Crippen molar-refractivity contribution in [2.75, 3.05) is 0 Å². The van der Waals surface area contributed by atoms with Crippen LogP contribution in [0.3, 0.4) is 0 Å². The molecule has 0 radical (unpaired) electrons. The molecule has 1 aromatic heterocycles. The number of nitrogens with zero attached hydrogens (tertiary/aromatic N) is 2. The van der Waals surface area contributed by atoms with E-state index in [1.165, 1.54) is 0 Å². The molecule has 0 spiro atoms. The predicted molar refractivity (Wildman–Crippen MR) is 58.9 cm³/mol. The standard InChI is InChI=1S/C11H7BrN2/c1-7-5-10(12)8-3-2-4-14-11(8)9(7)6-13/h2-5H,1H3. The largest absolute Gasteiger partial charge is 0.255 e. The van der Waals surface area contributed by atoms with Crippen molar-refractivity contribution in [3.63, 3.8) is 0 Å². The minimum Gasteiger partial charge on any atom is -0.255 e. The highest BCUT2D eigenvalue weighted by Gasteiger charge is 2.07. The van der Waals surface area contributed by atoms with Gasteiger partial charge in [0, 0.05) is 16.1 Å². The molecule has 2 rings (SSSR count). The summed E-state index contributed by atoms with van der Waals surface area (Å²) in [6.45, 7) is 1.91. The van der Waals surface area contributed by atoms with Crippen LogP contribution in [-0.2, 0) is 0 Å². The van der Waals surface area contributed by atoms with Crippen LogP contribution >= 0.6 is 15.9 Å². The van der Waals surface area contributed by atoms with Crippen LogP contribution in [0.25, 0.3) is 10.9 Å². The van der Waals surface area contributed by atoms with Gasteiger partial charge >= 0.3 is 0 Å². The van der Waals surface area contributed by atoms with Crippen LogP contribution in [0, 0.1) is 18.3 Å². The lowest BCUT2D eigenvalue weighted by molar-refractivity contribution is 1.34. The molecular formula is C11H7BrN2. The van der Waals surface area contributed by atoms with Crippen molar-refractivity contribution in [1.29, 1.82) is 5.26 Å². The summed E-state index contributed by atoms with van der Waals surface area (Å²) in [6, 6.07) is 7.94. The van der Waals surface area contributed by atoms with Gasteiger partial charge in [0.1, 0.15) is 6.07 Å². The van der Waals surface area contributed by atoms with Crippen molar-refractivity contribution in [3.8, 4) is 6.07 Å². The Morgan fingerprint density at radius 1 is 1.50 bits per heavy atom. The fourth-order valence-electron chi connectivity index (χ4n) is 1.47. The van der Waals surface area contributed by atoms with Crippen molar-refractivity contribution in [2.24, 2.45) is 0 Å². The summed E-state index contributed by atoms with van der Waals surface area (Å²) >= 11 is 3.46. The van der Waals surface area contributed by atoms with Gasteiger partial charge in [0.05, 0.1) is 11.1 Å². The quantitative estimate of drug-likeness (QED) is 0.716. The second kappa shape index (κ2) is 3.39. The maximum atomic E-state index is 9.00. The number of hydrogen-bond acceptors (Lipinski definition) is 2. The van der Waals surface area contributed by atoms with Crippen LogP contribution in [0.15, 0.2) is 28.9 Å². The van der Waals surface area contributed by atoms with Crippen LogP contribution in [-0.4, -0.2) is 4.98 Å². The van der Waals surface area contributed by atoms with E-state index in [2.05, 4.69) is 27.0 Å². The smallest absolute Gasteiger partial charge is 0.102 e. The normalized spacial score (nSPS) is 10.1.